The Balaban J connectivity index is 2.81. The first-order valence-corrected chi connectivity index (χ1v) is 4.82. The molecule has 4 heteroatoms. The Bertz CT molecular complexity index is 410. The van der Waals surface area contributed by atoms with Gasteiger partial charge in [0, 0.05) is 11.8 Å². The van der Waals surface area contributed by atoms with Gasteiger partial charge in [0.1, 0.15) is 10.3 Å². The minimum atomic E-state index is 0.494. The molecule has 0 bridgehead atoms. The van der Waals surface area contributed by atoms with E-state index in [1.807, 2.05) is 22.7 Å². The zero-order chi connectivity index (χ0) is 8.55. The second kappa shape index (κ2) is 3.07. The molecule has 12 heavy (non-hydrogen) atoms. The van der Waals surface area contributed by atoms with E-state index < -0.39 is 0 Å². The van der Waals surface area contributed by atoms with Crippen LogP contribution in [0.2, 0.25) is 0 Å². The molecule has 0 radical (unpaired) electrons. The molecule has 0 saturated heterocycles. The summed E-state index contributed by atoms with van der Waals surface area (Å²) in [6, 6.07) is 3.93. The van der Waals surface area contributed by atoms with Crippen LogP contribution >= 0.6 is 27.5 Å². The summed E-state index contributed by atoms with van der Waals surface area (Å²) in [5.41, 5.74) is 1.96. The largest absolute Gasteiger partial charge is 0.294 e. The third kappa shape index (κ3) is 1.13. The highest BCUT2D eigenvalue weighted by Crippen LogP contribution is 2.17. The van der Waals surface area contributed by atoms with Crippen molar-refractivity contribution < 1.29 is 0 Å². The van der Waals surface area contributed by atoms with Gasteiger partial charge in [-0.3, -0.25) is 4.40 Å². The molecule has 0 saturated carbocycles. The summed E-state index contributed by atoms with van der Waals surface area (Å²) in [4.78, 5) is 4.22. The number of hydrogen-bond acceptors (Lipinski definition) is 1. The number of rotatable bonds is 1. The van der Waals surface area contributed by atoms with Gasteiger partial charge in [-0.05, 0) is 22.0 Å². The van der Waals surface area contributed by atoms with E-state index in [0.717, 1.165) is 15.8 Å². The molecule has 2 nitrogen and oxygen atoms in total. The molecule has 0 fully saturated rings. The Morgan fingerprint density at radius 1 is 1.58 bits per heavy atom. The number of pyridine rings is 1. The summed E-state index contributed by atoms with van der Waals surface area (Å²) in [6.45, 7) is 0. The molecule has 2 aromatic rings. The first kappa shape index (κ1) is 8.08. The van der Waals surface area contributed by atoms with Crippen molar-refractivity contribution >= 4 is 33.2 Å². The summed E-state index contributed by atoms with van der Waals surface area (Å²) in [7, 11) is 0. The summed E-state index contributed by atoms with van der Waals surface area (Å²) in [5.74, 6) is 0.494. The molecule has 0 spiro atoms. The highest BCUT2D eigenvalue weighted by atomic mass is 79.9. The molecule has 0 unspecified atom stereocenters. The van der Waals surface area contributed by atoms with Gasteiger partial charge in [-0.1, -0.05) is 6.07 Å². The first-order chi connectivity index (χ1) is 5.83. The minimum absolute atomic E-state index is 0.494. The lowest BCUT2D eigenvalue weighted by Crippen LogP contribution is -1.88. The fourth-order valence-electron chi connectivity index (χ4n) is 1.14. The van der Waals surface area contributed by atoms with E-state index in [-0.39, 0.29) is 0 Å². The number of alkyl halides is 1. The van der Waals surface area contributed by atoms with E-state index in [4.69, 9.17) is 11.6 Å². The molecule has 0 amide bonds. The molecule has 0 aliphatic heterocycles. The number of imidazole rings is 1. The van der Waals surface area contributed by atoms with E-state index in [9.17, 15) is 0 Å². The molecule has 2 rings (SSSR count). The van der Waals surface area contributed by atoms with Gasteiger partial charge in [0.05, 0.1) is 12.1 Å². The summed E-state index contributed by atoms with van der Waals surface area (Å²) in [5, 5.41) is 0. The van der Waals surface area contributed by atoms with Crippen LogP contribution in [0.5, 0.6) is 0 Å². The van der Waals surface area contributed by atoms with Crippen molar-refractivity contribution in [2.45, 2.75) is 5.88 Å². The van der Waals surface area contributed by atoms with Crippen molar-refractivity contribution in [2.75, 3.05) is 0 Å². The number of nitrogens with zero attached hydrogens (tertiary/aromatic N) is 2. The standard InChI is InChI=1S/C8H6BrClN2/c9-7-5-11-8-6(4-10)2-1-3-12(7)8/h1-3,5H,4H2. The average Bonchev–Trinajstić information content (AvgIpc) is 2.48. The fourth-order valence-corrected chi connectivity index (χ4v) is 1.74. The minimum Gasteiger partial charge on any atom is -0.294 e. The Labute approximate surface area is 83.3 Å². The van der Waals surface area contributed by atoms with E-state index in [1.165, 1.54) is 0 Å². The number of fused-ring (bicyclic) bond motifs is 1. The van der Waals surface area contributed by atoms with E-state index in [2.05, 4.69) is 20.9 Å². The Kier molecular flexibility index (Phi) is 2.07. The van der Waals surface area contributed by atoms with Crippen molar-refractivity contribution in [2.24, 2.45) is 0 Å². The van der Waals surface area contributed by atoms with Crippen molar-refractivity contribution in [3.05, 3.63) is 34.7 Å². The molecule has 62 valence electrons. The second-order valence-electron chi connectivity index (χ2n) is 2.44. The smallest absolute Gasteiger partial charge is 0.142 e. The Hall–Kier alpha value is -0.540. The van der Waals surface area contributed by atoms with Gasteiger partial charge >= 0.3 is 0 Å². The van der Waals surface area contributed by atoms with Crippen molar-refractivity contribution in [3.63, 3.8) is 0 Å². The molecule has 0 N–H and O–H groups in total. The van der Waals surface area contributed by atoms with Crippen LogP contribution in [0, 0.1) is 0 Å². The van der Waals surface area contributed by atoms with Gasteiger partial charge < -0.3 is 0 Å². The van der Waals surface area contributed by atoms with Crippen LogP contribution in [-0.2, 0) is 5.88 Å². The lowest BCUT2D eigenvalue weighted by Gasteiger charge is -1.98. The maximum Gasteiger partial charge on any atom is 0.142 e. The van der Waals surface area contributed by atoms with Crippen LogP contribution in [0.3, 0.4) is 0 Å². The summed E-state index contributed by atoms with van der Waals surface area (Å²) >= 11 is 9.13. The monoisotopic (exact) mass is 244 g/mol. The van der Waals surface area contributed by atoms with Crippen LogP contribution in [0.1, 0.15) is 5.56 Å². The highest BCUT2D eigenvalue weighted by Gasteiger charge is 2.03. The van der Waals surface area contributed by atoms with Gasteiger partial charge in [0.2, 0.25) is 0 Å². The maximum absolute atomic E-state index is 5.75. The number of aromatic nitrogens is 2. The number of halogens is 2. The van der Waals surface area contributed by atoms with E-state index >= 15 is 0 Å². The Morgan fingerprint density at radius 2 is 2.42 bits per heavy atom. The third-order valence-electron chi connectivity index (χ3n) is 1.72. The second-order valence-corrected chi connectivity index (χ2v) is 3.52. The van der Waals surface area contributed by atoms with Crippen LogP contribution in [-0.4, -0.2) is 9.38 Å². The van der Waals surface area contributed by atoms with Gasteiger partial charge in [-0.2, -0.15) is 0 Å². The van der Waals surface area contributed by atoms with Gasteiger partial charge in [-0.15, -0.1) is 11.6 Å². The number of hydrogen-bond donors (Lipinski definition) is 0. The van der Waals surface area contributed by atoms with Crippen LogP contribution < -0.4 is 0 Å². The van der Waals surface area contributed by atoms with Crippen molar-refractivity contribution in [1.82, 2.24) is 9.38 Å². The van der Waals surface area contributed by atoms with Gasteiger partial charge in [-0.25, -0.2) is 4.98 Å². The molecule has 0 aliphatic rings. The molecule has 2 heterocycles. The van der Waals surface area contributed by atoms with E-state index in [1.54, 1.807) is 6.20 Å². The topological polar surface area (TPSA) is 17.3 Å². The summed E-state index contributed by atoms with van der Waals surface area (Å²) in [6.07, 6.45) is 3.72. The SMILES string of the molecule is ClCc1cccn2c(Br)cnc12. The predicted octanol–water partition coefficient (Wildman–Crippen LogP) is 2.84. The van der Waals surface area contributed by atoms with E-state index in [0.29, 0.717) is 5.88 Å². The molecule has 0 aromatic carbocycles. The maximum atomic E-state index is 5.75. The zero-order valence-corrected chi connectivity index (χ0v) is 8.51. The van der Waals surface area contributed by atoms with Gasteiger partial charge in [0.25, 0.3) is 0 Å². The normalized spacial score (nSPS) is 10.8. The lowest BCUT2D eigenvalue weighted by atomic mass is 10.3. The zero-order valence-electron chi connectivity index (χ0n) is 6.17. The fraction of sp³-hybridized carbons (Fsp3) is 0.125. The molecular formula is C8H6BrClN2. The Morgan fingerprint density at radius 3 is 3.17 bits per heavy atom. The highest BCUT2D eigenvalue weighted by molar-refractivity contribution is 9.10. The van der Waals surface area contributed by atoms with Gasteiger partial charge in [0.15, 0.2) is 0 Å². The van der Waals surface area contributed by atoms with Crippen LogP contribution in [0.25, 0.3) is 5.65 Å². The molecule has 2 aromatic heterocycles. The molecular weight excluding hydrogens is 239 g/mol. The van der Waals surface area contributed by atoms with Crippen molar-refractivity contribution in [3.8, 4) is 0 Å². The van der Waals surface area contributed by atoms with Crippen molar-refractivity contribution in [1.29, 1.82) is 0 Å². The van der Waals surface area contributed by atoms with Crippen LogP contribution in [0.4, 0.5) is 0 Å². The predicted molar refractivity (Wildman–Crippen MR) is 52.4 cm³/mol. The first-order valence-electron chi connectivity index (χ1n) is 3.49. The third-order valence-corrected chi connectivity index (χ3v) is 2.59. The lowest BCUT2D eigenvalue weighted by molar-refractivity contribution is 1.13. The quantitative estimate of drug-likeness (QED) is 0.706. The molecule has 0 atom stereocenters. The molecule has 0 aliphatic carbocycles. The average molecular weight is 246 g/mol. The van der Waals surface area contributed by atoms with Crippen LogP contribution in [0.15, 0.2) is 29.1 Å². The summed E-state index contributed by atoms with van der Waals surface area (Å²) < 4.78 is 2.90.